The molecule has 2 aliphatic carbocycles. The number of hydrogen-bond acceptors (Lipinski definition) is 6. The quantitative estimate of drug-likeness (QED) is 0.195. The summed E-state index contributed by atoms with van der Waals surface area (Å²) in [5.74, 6) is -0.128. The van der Waals surface area contributed by atoms with Gasteiger partial charge in [-0.1, -0.05) is 53.4 Å². The molecule has 0 bridgehead atoms. The summed E-state index contributed by atoms with van der Waals surface area (Å²) >= 11 is -2.03. The first kappa shape index (κ1) is 35.6. The predicted octanol–water partition coefficient (Wildman–Crippen LogP) is 5.33. The third-order valence-electron chi connectivity index (χ3n) is 6.96. The zero-order valence-electron chi connectivity index (χ0n) is 23.6. The van der Waals surface area contributed by atoms with E-state index in [0.717, 1.165) is 103 Å². The van der Waals surface area contributed by atoms with Crippen LogP contribution < -0.4 is 0 Å². The normalized spacial score (nSPS) is 18.3. The number of carbonyl (C=O) groups excluding carboxylic acids is 4. The van der Waals surface area contributed by atoms with E-state index in [-0.39, 0.29) is 35.2 Å². The van der Waals surface area contributed by atoms with Crippen LogP contribution in [0.5, 0.6) is 0 Å². The van der Waals surface area contributed by atoms with E-state index in [9.17, 15) is 19.2 Å². The van der Waals surface area contributed by atoms with Crippen molar-refractivity contribution in [3.63, 3.8) is 0 Å². The molecule has 9 heteroatoms. The second-order valence-electron chi connectivity index (χ2n) is 9.96. The minimum absolute atomic E-state index is 0.0920. The molecule has 37 heavy (non-hydrogen) atoms. The van der Waals surface area contributed by atoms with Gasteiger partial charge in [0.1, 0.15) is 11.6 Å². The van der Waals surface area contributed by atoms with E-state index in [1.807, 2.05) is 9.80 Å². The van der Waals surface area contributed by atoms with Crippen molar-refractivity contribution in [3.05, 3.63) is 0 Å². The first-order valence-electron chi connectivity index (χ1n) is 14.4. The van der Waals surface area contributed by atoms with Gasteiger partial charge in [-0.15, -0.1) is 0 Å². The van der Waals surface area contributed by atoms with Crippen molar-refractivity contribution in [3.8, 4) is 0 Å². The Labute approximate surface area is 232 Å². The van der Waals surface area contributed by atoms with Crippen molar-refractivity contribution in [2.24, 2.45) is 11.8 Å². The molecule has 2 atom stereocenters. The van der Waals surface area contributed by atoms with Gasteiger partial charge in [0.15, 0.2) is 0 Å². The Hall–Kier alpha value is -1.43. The third kappa shape index (κ3) is 14.3. The van der Waals surface area contributed by atoms with Gasteiger partial charge in [0.2, 0.25) is 11.8 Å². The van der Waals surface area contributed by atoms with Crippen LogP contribution >= 0.6 is 0 Å². The molecule has 0 spiro atoms. The second kappa shape index (κ2) is 22.5. The Bertz CT molecular complexity index is 653. The Kier molecular flexibility index (Phi) is 21.7. The number of Topliss-reactive ketones (excluding diaryl/α,β-unsaturated/α-hetero) is 2. The standard InChI is InChI=1S/2C14H25NO2.Mo.2O/c2*1-3-5-10-15(11-6-4-2)14(17)12-8-7-9-13(12)16;;;/h2*12H,3-11H2,1-2H3;;;/q;;+2;;. The van der Waals surface area contributed by atoms with Crippen LogP contribution in [0.4, 0.5) is 0 Å². The van der Waals surface area contributed by atoms with E-state index in [0.29, 0.717) is 12.8 Å². The molecule has 8 nitrogen and oxygen atoms in total. The average Bonchev–Trinajstić information content (AvgIpc) is 3.52. The number of rotatable bonds is 14. The molecule has 212 valence electrons. The third-order valence-corrected chi connectivity index (χ3v) is 6.96. The monoisotopic (exact) mass is 608 g/mol. The van der Waals surface area contributed by atoms with Crippen LogP contribution in [0, 0.1) is 11.8 Å². The summed E-state index contributed by atoms with van der Waals surface area (Å²) in [6.07, 6.45) is 13.1. The number of nitrogens with zero attached hydrogens (tertiary/aromatic N) is 2. The predicted molar refractivity (Wildman–Crippen MR) is 139 cm³/mol. The van der Waals surface area contributed by atoms with Crippen molar-refractivity contribution in [2.45, 2.75) is 118 Å². The Morgan fingerprint density at radius 3 is 1.11 bits per heavy atom. The van der Waals surface area contributed by atoms with E-state index in [1.165, 1.54) is 0 Å². The fourth-order valence-electron chi connectivity index (χ4n) is 4.65. The zero-order valence-corrected chi connectivity index (χ0v) is 25.6. The van der Waals surface area contributed by atoms with E-state index in [4.69, 9.17) is 6.80 Å². The molecule has 2 saturated carbocycles. The molecule has 0 saturated heterocycles. The minimum atomic E-state index is -2.03. The van der Waals surface area contributed by atoms with Crippen LogP contribution in [0.25, 0.3) is 0 Å². The van der Waals surface area contributed by atoms with Gasteiger partial charge in [0.05, 0.1) is 11.8 Å². The molecule has 0 aromatic carbocycles. The van der Waals surface area contributed by atoms with Gasteiger partial charge in [-0.25, -0.2) is 0 Å². The molecule has 2 amide bonds. The average molecular weight is 607 g/mol. The fourth-order valence-corrected chi connectivity index (χ4v) is 4.65. The summed E-state index contributed by atoms with van der Waals surface area (Å²) in [7, 11) is 0. The van der Waals surface area contributed by atoms with Gasteiger partial charge < -0.3 is 9.80 Å². The Morgan fingerprint density at radius 2 is 0.919 bits per heavy atom. The Balaban J connectivity index is 0.000000633. The molecule has 2 aliphatic rings. The van der Waals surface area contributed by atoms with E-state index in [2.05, 4.69) is 27.7 Å². The SMILES string of the molecule is CCCCN(CCCC)C(=O)C1CCCC1=O.CCCCN(CCCC)C(=O)C1CCCC1=O.[O]=[Mo+2]=[O]. The van der Waals surface area contributed by atoms with Gasteiger partial charge in [-0.3, -0.25) is 19.2 Å². The van der Waals surface area contributed by atoms with Crippen LogP contribution in [-0.4, -0.2) is 59.4 Å². The van der Waals surface area contributed by atoms with Crippen molar-refractivity contribution >= 4 is 23.4 Å². The van der Waals surface area contributed by atoms with Crippen LogP contribution in [0.1, 0.15) is 118 Å². The van der Waals surface area contributed by atoms with E-state index in [1.54, 1.807) is 0 Å². The first-order valence-corrected chi connectivity index (χ1v) is 16.0. The molecule has 0 radical (unpaired) electrons. The van der Waals surface area contributed by atoms with E-state index < -0.39 is 18.5 Å². The fraction of sp³-hybridized carbons (Fsp3) is 0.857. The van der Waals surface area contributed by atoms with Crippen molar-refractivity contribution in [1.29, 1.82) is 0 Å². The van der Waals surface area contributed by atoms with Crippen LogP contribution in [-0.2, 0) is 44.5 Å². The van der Waals surface area contributed by atoms with Crippen LogP contribution in [0.15, 0.2) is 0 Å². The van der Waals surface area contributed by atoms with Crippen LogP contribution in [0.3, 0.4) is 0 Å². The maximum atomic E-state index is 12.3. The van der Waals surface area contributed by atoms with Crippen molar-refractivity contribution in [1.82, 2.24) is 9.80 Å². The maximum absolute atomic E-state index is 12.3. The van der Waals surface area contributed by atoms with Gasteiger partial charge in [0.25, 0.3) is 0 Å². The van der Waals surface area contributed by atoms with Gasteiger partial charge in [-0.05, 0) is 51.4 Å². The molecule has 2 rings (SSSR count). The summed E-state index contributed by atoms with van der Waals surface area (Å²) in [4.78, 5) is 51.6. The Morgan fingerprint density at radius 1 is 0.649 bits per heavy atom. The molecule has 0 aliphatic heterocycles. The van der Waals surface area contributed by atoms with Gasteiger partial charge >= 0.3 is 25.3 Å². The molecule has 0 aromatic heterocycles. The van der Waals surface area contributed by atoms with Gasteiger partial charge in [0, 0.05) is 39.0 Å². The zero-order chi connectivity index (χ0) is 28.1. The van der Waals surface area contributed by atoms with Crippen molar-refractivity contribution < 1.29 is 44.5 Å². The molecule has 0 aromatic rings. The number of hydrogen-bond donors (Lipinski definition) is 0. The molecule has 0 heterocycles. The van der Waals surface area contributed by atoms with E-state index >= 15 is 0 Å². The molecule has 0 N–H and O–H groups in total. The number of ketones is 2. The van der Waals surface area contributed by atoms with Gasteiger partial charge in [-0.2, -0.15) is 0 Å². The number of amides is 2. The molecular formula is C28H50MoN2O6+2. The summed E-state index contributed by atoms with van der Waals surface area (Å²) in [6.45, 7) is 11.8. The molecule has 2 unspecified atom stereocenters. The summed E-state index contributed by atoms with van der Waals surface area (Å²) < 4.78 is 17.0. The first-order chi connectivity index (χ1) is 17.8. The topological polar surface area (TPSA) is 109 Å². The van der Waals surface area contributed by atoms with Crippen molar-refractivity contribution in [2.75, 3.05) is 26.2 Å². The molecule has 2 fully saturated rings. The summed E-state index contributed by atoms with van der Waals surface area (Å²) in [6, 6.07) is 0. The summed E-state index contributed by atoms with van der Waals surface area (Å²) in [5, 5.41) is 0. The number of carbonyl (C=O) groups is 4. The second-order valence-corrected chi connectivity index (χ2v) is 10.3. The summed E-state index contributed by atoms with van der Waals surface area (Å²) in [5.41, 5.74) is 0. The number of unbranched alkanes of at least 4 members (excludes halogenated alkanes) is 4. The molecular weight excluding hydrogens is 556 g/mol. The van der Waals surface area contributed by atoms with Crippen LogP contribution in [0.2, 0.25) is 0 Å².